The first-order chi connectivity index (χ1) is 4.50. The maximum atomic E-state index is 10.0. The van der Waals surface area contributed by atoms with Gasteiger partial charge in [0.25, 0.3) is 0 Å². The molecule has 2 N–H and O–H groups in total. The van der Waals surface area contributed by atoms with Crippen molar-refractivity contribution in [3.63, 3.8) is 0 Å². The molecular formula is C5H11NO4. The van der Waals surface area contributed by atoms with Crippen LogP contribution in [0.1, 0.15) is 19.8 Å². The molecule has 0 spiro atoms. The minimum Gasteiger partial charge on any atom is -0.396 e. The summed E-state index contributed by atoms with van der Waals surface area (Å²) >= 11 is 0. The minimum atomic E-state index is -1.89. The fourth-order valence-electron chi connectivity index (χ4n) is 0.505. The lowest BCUT2D eigenvalue weighted by Gasteiger charge is -2.11. The zero-order valence-corrected chi connectivity index (χ0v) is 5.78. The number of rotatable bonds is 4. The van der Waals surface area contributed by atoms with Gasteiger partial charge in [0.05, 0.1) is 4.92 Å². The van der Waals surface area contributed by atoms with E-state index in [2.05, 4.69) is 0 Å². The Kier molecular flexibility index (Phi) is 3.24. The smallest absolute Gasteiger partial charge is 0.319 e. The predicted molar refractivity (Wildman–Crippen MR) is 33.9 cm³/mol. The minimum absolute atomic E-state index is 0.0174. The Morgan fingerprint density at radius 3 is 2.50 bits per heavy atom. The largest absolute Gasteiger partial charge is 0.396 e. The van der Waals surface area contributed by atoms with Crippen LogP contribution < -0.4 is 0 Å². The second-order valence-electron chi connectivity index (χ2n) is 2.30. The molecule has 0 saturated heterocycles. The zero-order valence-electron chi connectivity index (χ0n) is 5.78. The zero-order chi connectivity index (χ0) is 8.20. The van der Waals surface area contributed by atoms with Gasteiger partial charge in [0.1, 0.15) is 0 Å². The molecule has 0 bridgehead atoms. The van der Waals surface area contributed by atoms with Gasteiger partial charge in [-0.05, 0) is 6.42 Å². The van der Waals surface area contributed by atoms with Gasteiger partial charge in [-0.3, -0.25) is 10.1 Å². The van der Waals surface area contributed by atoms with Crippen LogP contribution in [0.5, 0.6) is 0 Å². The van der Waals surface area contributed by atoms with E-state index in [1.54, 1.807) is 0 Å². The van der Waals surface area contributed by atoms with Gasteiger partial charge in [0.2, 0.25) is 0 Å². The summed E-state index contributed by atoms with van der Waals surface area (Å²) in [5.74, 6) is 0. The first-order valence-electron chi connectivity index (χ1n) is 2.98. The first kappa shape index (κ1) is 9.32. The molecule has 0 fully saturated rings. The monoisotopic (exact) mass is 149 g/mol. The van der Waals surface area contributed by atoms with E-state index >= 15 is 0 Å². The van der Waals surface area contributed by atoms with Crippen molar-refractivity contribution in [1.82, 2.24) is 0 Å². The van der Waals surface area contributed by atoms with Gasteiger partial charge in [-0.15, -0.1) is 0 Å². The molecule has 1 unspecified atom stereocenters. The summed E-state index contributed by atoms with van der Waals surface area (Å²) in [5, 5.41) is 27.2. The Balaban J connectivity index is 3.75. The molecule has 5 nitrogen and oxygen atoms in total. The molecule has 0 aromatic heterocycles. The molecular weight excluding hydrogens is 138 g/mol. The highest BCUT2D eigenvalue weighted by molar-refractivity contribution is 4.56. The fraction of sp³-hybridized carbons (Fsp3) is 1.00. The lowest BCUT2D eigenvalue weighted by atomic mass is 10.1. The molecule has 0 amide bonds. The van der Waals surface area contributed by atoms with E-state index in [1.165, 1.54) is 0 Å². The van der Waals surface area contributed by atoms with Crippen molar-refractivity contribution in [3.8, 4) is 0 Å². The molecule has 0 aromatic rings. The van der Waals surface area contributed by atoms with E-state index in [0.29, 0.717) is 0 Å². The second kappa shape index (κ2) is 3.48. The van der Waals surface area contributed by atoms with Gasteiger partial charge in [-0.1, -0.05) is 0 Å². The van der Waals surface area contributed by atoms with E-state index < -0.39 is 10.6 Å². The molecule has 0 saturated carbocycles. The molecule has 0 radical (unpaired) electrons. The summed E-state index contributed by atoms with van der Waals surface area (Å²) in [5.41, 5.74) is -1.89. The van der Waals surface area contributed by atoms with Crippen LogP contribution in [0, 0.1) is 10.1 Å². The van der Waals surface area contributed by atoms with E-state index in [0.717, 1.165) is 6.92 Å². The lowest BCUT2D eigenvalue weighted by molar-refractivity contribution is -0.620. The Morgan fingerprint density at radius 1 is 1.70 bits per heavy atom. The Hall–Kier alpha value is -0.680. The van der Waals surface area contributed by atoms with Gasteiger partial charge in [0, 0.05) is 20.0 Å². The predicted octanol–water partition coefficient (Wildman–Crippen LogP) is -0.256. The van der Waals surface area contributed by atoms with Gasteiger partial charge in [-0.25, -0.2) is 0 Å². The standard InChI is InChI=1S/C5H11NO4/c1-5(8,6(9)10)3-2-4-7/h7-8H,2-4H2,1H3. The van der Waals surface area contributed by atoms with Crippen molar-refractivity contribution >= 4 is 0 Å². The van der Waals surface area contributed by atoms with Crippen LogP contribution in [-0.4, -0.2) is 27.5 Å². The normalized spacial score (nSPS) is 16.3. The highest BCUT2D eigenvalue weighted by Gasteiger charge is 2.32. The topological polar surface area (TPSA) is 83.6 Å². The van der Waals surface area contributed by atoms with Crippen molar-refractivity contribution in [2.45, 2.75) is 25.5 Å². The van der Waals surface area contributed by atoms with Crippen LogP contribution >= 0.6 is 0 Å². The number of aliphatic hydroxyl groups excluding tert-OH is 1. The summed E-state index contributed by atoms with van der Waals surface area (Å²) in [4.78, 5) is 9.24. The average Bonchev–Trinajstić information content (AvgIpc) is 1.84. The number of hydrogen-bond donors (Lipinski definition) is 2. The second-order valence-corrected chi connectivity index (χ2v) is 2.30. The van der Waals surface area contributed by atoms with E-state index in [1.807, 2.05) is 0 Å². The quantitative estimate of drug-likeness (QED) is 0.328. The Morgan fingerprint density at radius 2 is 2.20 bits per heavy atom. The van der Waals surface area contributed by atoms with Crippen LogP contribution in [0.2, 0.25) is 0 Å². The highest BCUT2D eigenvalue weighted by Crippen LogP contribution is 2.11. The molecule has 60 valence electrons. The summed E-state index contributed by atoms with van der Waals surface area (Å²) in [6, 6.07) is 0. The summed E-state index contributed by atoms with van der Waals surface area (Å²) in [6.07, 6.45) is 0.227. The van der Waals surface area contributed by atoms with E-state index in [-0.39, 0.29) is 19.4 Å². The highest BCUT2D eigenvalue weighted by atomic mass is 16.7. The first-order valence-corrected chi connectivity index (χ1v) is 2.98. The third kappa shape index (κ3) is 2.75. The number of hydrogen-bond acceptors (Lipinski definition) is 4. The average molecular weight is 149 g/mol. The molecule has 0 aliphatic rings. The van der Waals surface area contributed by atoms with Crippen LogP contribution in [0.3, 0.4) is 0 Å². The number of nitro groups is 1. The third-order valence-corrected chi connectivity index (χ3v) is 1.20. The van der Waals surface area contributed by atoms with Crippen molar-refractivity contribution < 1.29 is 15.1 Å². The summed E-state index contributed by atoms with van der Waals surface area (Å²) in [7, 11) is 0. The summed E-state index contributed by atoms with van der Waals surface area (Å²) < 4.78 is 0. The maximum absolute atomic E-state index is 10.0. The van der Waals surface area contributed by atoms with Crippen LogP contribution in [0.4, 0.5) is 0 Å². The molecule has 10 heavy (non-hydrogen) atoms. The van der Waals surface area contributed by atoms with Crippen molar-refractivity contribution in [3.05, 3.63) is 10.1 Å². The molecule has 0 aliphatic heterocycles. The van der Waals surface area contributed by atoms with E-state index in [4.69, 9.17) is 10.2 Å². The van der Waals surface area contributed by atoms with Crippen LogP contribution in [0.25, 0.3) is 0 Å². The lowest BCUT2D eigenvalue weighted by Crippen LogP contribution is -2.34. The van der Waals surface area contributed by atoms with Crippen molar-refractivity contribution in [2.75, 3.05) is 6.61 Å². The fourth-order valence-corrected chi connectivity index (χ4v) is 0.505. The van der Waals surface area contributed by atoms with Crippen LogP contribution in [-0.2, 0) is 0 Å². The molecule has 5 heteroatoms. The maximum Gasteiger partial charge on any atom is 0.319 e. The molecule has 1 atom stereocenters. The van der Waals surface area contributed by atoms with Crippen LogP contribution in [0.15, 0.2) is 0 Å². The van der Waals surface area contributed by atoms with Gasteiger partial charge < -0.3 is 10.2 Å². The van der Waals surface area contributed by atoms with Crippen molar-refractivity contribution in [2.24, 2.45) is 0 Å². The van der Waals surface area contributed by atoms with Gasteiger partial charge in [-0.2, -0.15) is 0 Å². The molecule has 0 aromatic carbocycles. The summed E-state index contributed by atoms with van der Waals surface area (Å²) in [6.45, 7) is 0.979. The number of aliphatic hydroxyl groups is 2. The Labute approximate surface area is 58.4 Å². The number of nitrogens with zero attached hydrogens (tertiary/aromatic N) is 1. The SMILES string of the molecule is CC(O)(CCCO)[N+](=O)[O-]. The Bertz CT molecular complexity index is 123. The third-order valence-electron chi connectivity index (χ3n) is 1.20. The van der Waals surface area contributed by atoms with Gasteiger partial charge in [0.15, 0.2) is 0 Å². The molecule has 0 heterocycles. The van der Waals surface area contributed by atoms with Crippen molar-refractivity contribution in [1.29, 1.82) is 0 Å². The van der Waals surface area contributed by atoms with E-state index in [9.17, 15) is 10.1 Å². The van der Waals surface area contributed by atoms with Gasteiger partial charge >= 0.3 is 5.72 Å². The molecule has 0 aliphatic carbocycles. The molecule has 0 rings (SSSR count).